The number of carbonyl (C=O) groups is 1. The second kappa shape index (κ2) is 7.83. The number of anilines is 3. The van der Waals surface area contributed by atoms with Gasteiger partial charge in [-0.2, -0.15) is 0 Å². The molecule has 0 spiro atoms. The number of nitrogens with zero attached hydrogens (tertiary/aromatic N) is 1. The summed E-state index contributed by atoms with van der Waals surface area (Å²) in [6, 6.07) is 19.4. The van der Waals surface area contributed by atoms with E-state index in [0.29, 0.717) is 17.3 Å². The number of hydrogen-bond acceptors (Lipinski definition) is 3. The quantitative estimate of drug-likeness (QED) is 0.641. The molecule has 0 radical (unpaired) electrons. The van der Waals surface area contributed by atoms with Crippen molar-refractivity contribution in [1.29, 1.82) is 0 Å². The Kier molecular flexibility index (Phi) is 5.32. The minimum absolute atomic E-state index is 0.186. The van der Waals surface area contributed by atoms with Gasteiger partial charge in [-0.3, -0.25) is 4.79 Å². The summed E-state index contributed by atoms with van der Waals surface area (Å²) in [6.45, 7) is 6.29. The summed E-state index contributed by atoms with van der Waals surface area (Å²) in [5.74, 6) is 0.832. The van der Waals surface area contributed by atoms with Gasteiger partial charge in [-0.15, -0.1) is 0 Å². The molecule has 0 saturated carbocycles. The fourth-order valence-corrected chi connectivity index (χ4v) is 2.68. The van der Waals surface area contributed by atoms with E-state index in [2.05, 4.69) is 41.6 Å². The molecule has 3 rings (SSSR count). The maximum atomic E-state index is 12.7. The predicted molar refractivity (Wildman–Crippen MR) is 107 cm³/mol. The first-order chi connectivity index (χ1) is 12.5. The second-order valence-corrected chi connectivity index (χ2v) is 6.57. The Morgan fingerprint density at radius 1 is 0.962 bits per heavy atom. The van der Waals surface area contributed by atoms with Gasteiger partial charge in [0.1, 0.15) is 5.82 Å². The molecule has 4 nitrogen and oxygen atoms in total. The van der Waals surface area contributed by atoms with E-state index in [1.165, 1.54) is 5.56 Å². The van der Waals surface area contributed by atoms with Gasteiger partial charge in [-0.25, -0.2) is 4.98 Å². The Morgan fingerprint density at radius 3 is 2.38 bits per heavy atom. The van der Waals surface area contributed by atoms with Crippen LogP contribution in [-0.2, 0) is 0 Å². The van der Waals surface area contributed by atoms with Crippen LogP contribution in [0.1, 0.15) is 41.3 Å². The summed E-state index contributed by atoms with van der Waals surface area (Å²) in [6.07, 6.45) is 1.68. The molecule has 0 atom stereocenters. The molecule has 26 heavy (non-hydrogen) atoms. The number of aromatic nitrogens is 1. The molecule has 0 bridgehead atoms. The number of para-hydroxylation sites is 1. The van der Waals surface area contributed by atoms with Gasteiger partial charge in [-0.05, 0) is 54.3 Å². The highest BCUT2D eigenvalue weighted by atomic mass is 16.1. The smallest absolute Gasteiger partial charge is 0.259 e. The third kappa shape index (κ3) is 4.09. The van der Waals surface area contributed by atoms with E-state index in [1.54, 1.807) is 18.3 Å². The van der Waals surface area contributed by atoms with E-state index in [0.717, 1.165) is 16.9 Å². The van der Waals surface area contributed by atoms with Crippen LogP contribution in [0.5, 0.6) is 0 Å². The largest absolute Gasteiger partial charge is 0.340 e. The molecule has 4 heteroatoms. The first-order valence-electron chi connectivity index (χ1n) is 8.73. The maximum absolute atomic E-state index is 12.7. The summed E-state index contributed by atoms with van der Waals surface area (Å²) < 4.78 is 0. The summed E-state index contributed by atoms with van der Waals surface area (Å²) in [7, 11) is 0. The zero-order valence-corrected chi connectivity index (χ0v) is 15.3. The van der Waals surface area contributed by atoms with Crippen molar-refractivity contribution in [3.05, 3.63) is 83.6 Å². The number of aryl methyl sites for hydroxylation is 1. The minimum atomic E-state index is -0.186. The van der Waals surface area contributed by atoms with Crippen LogP contribution in [0.2, 0.25) is 0 Å². The van der Waals surface area contributed by atoms with Gasteiger partial charge in [0.2, 0.25) is 0 Å². The van der Waals surface area contributed by atoms with Crippen LogP contribution in [0, 0.1) is 6.92 Å². The van der Waals surface area contributed by atoms with Crippen LogP contribution >= 0.6 is 0 Å². The SMILES string of the molecule is Cc1ccccc1NC(=O)c1cccnc1Nc1ccc(C(C)C)cc1. The van der Waals surface area contributed by atoms with Gasteiger partial charge < -0.3 is 10.6 Å². The van der Waals surface area contributed by atoms with Crippen molar-refractivity contribution in [2.45, 2.75) is 26.7 Å². The predicted octanol–water partition coefficient (Wildman–Crippen LogP) is 5.51. The number of pyridine rings is 1. The Bertz CT molecular complexity index is 901. The molecule has 0 unspecified atom stereocenters. The van der Waals surface area contributed by atoms with Crippen LogP contribution in [0.3, 0.4) is 0 Å². The number of benzene rings is 2. The normalized spacial score (nSPS) is 10.6. The molecule has 0 aliphatic carbocycles. The maximum Gasteiger partial charge on any atom is 0.259 e. The lowest BCUT2D eigenvalue weighted by Gasteiger charge is -2.13. The monoisotopic (exact) mass is 345 g/mol. The van der Waals surface area contributed by atoms with E-state index >= 15 is 0 Å². The number of nitrogens with one attached hydrogen (secondary N) is 2. The number of amides is 1. The number of carbonyl (C=O) groups excluding carboxylic acids is 1. The first kappa shape index (κ1) is 17.7. The van der Waals surface area contributed by atoms with Crippen molar-refractivity contribution >= 4 is 23.1 Å². The molecule has 1 aromatic heterocycles. The van der Waals surface area contributed by atoms with E-state index in [9.17, 15) is 4.79 Å². The molecular formula is C22H23N3O. The van der Waals surface area contributed by atoms with Gasteiger partial charge in [0, 0.05) is 17.6 Å². The van der Waals surface area contributed by atoms with Gasteiger partial charge in [-0.1, -0.05) is 44.2 Å². The van der Waals surface area contributed by atoms with Crippen LogP contribution in [0.15, 0.2) is 66.9 Å². The number of hydrogen-bond donors (Lipinski definition) is 2. The lowest BCUT2D eigenvalue weighted by molar-refractivity contribution is 0.102. The molecule has 0 aliphatic heterocycles. The Hall–Kier alpha value is -3.14. The molecule has 132 valence electrons. The van der Waals surface area contributed by atoms with Gasteiger partial charge >= 0.3 is 0 Å². The van der Waals surface area contributed by atoms with Crippen molar-refractivity contribution in [3.63, 3.8) is 0 Å². The van der Waals surface area contributed by atoms with E-state index in [1.807, 2.05) is 43.3 Å². The highest BCUT2D eigenvalue weighted by molar-refractivity contribution is 6.08. The fourth-order valence-electron chi connectivity index (χ4n) is 2.68. The number of rotatable bonds is 5. The molecule has 3 aromatic rings. The van der Waals surface area contributed by atoms with E-state index < -0.39 is 0 Å². The lowest BCUT2D eigenvalue weighted by Crippen LogP contribution is -2.15. The summed E-state index contributed by atoms with van der Waals surface area (Å²) in [4.78, 5) is 17.1. The third-order valence-corrected chi connectivity index (χ3v) is 4.29. The van der Waals surface area contributed by atoms with Crippen molar-refractivity contribution in [3.8, 4) is 0 Å². The van der Waals surface area contributed by atoms with Crippen LogP contribution in [0.25, 0.3) is 0 Å². The molecular weight excluding hydrogens is 322 g/mol. The first-order valence-corrected chi connectivity index (χ1v) is 8.73. The average Bonchev–Trinajstić information content (AvgIpc) is 2.64. The topological polar surface area (TPSA) is 54.0 Å². The van der Waals surface area contributed by atoms with Gasteiger partial charge in [0.05, 0.1) is 5.56 Å². The van der Waals surface area contributed by atoms with Gasteiger partial charge in [0.15, 0.2) is 0 Å². The van der Waals surface area contributed by atoms with Crippen molar-refractivity contribution in [1.82, 2.24) is 4.98 Å². The van der Waals surface area contributed by atoms with E-state index in [-0.39, 0.29) is 5.91 Å². The average molecular weight is 345 g/mol. The molecule has 0 saturated heterocycles. The van der Waals surface area contributed by atoms with Crippen molar-refractivity contribution in [2.24, 2.45) is 0 Å². The molecule has 1 amide bonds. The lowest BCUT2D eigenvalue weighted by atomic mass is 10.0. The van der Waals surface area contributed by atoms with Crippen molar-refractivity contribution < 1.29 is 4.79 Å². The Morgan fingerprint density at radius 2 is 1.69 bits per heavy atom. The molecule has 2 aromatic carbocycles. The standard InChI is InChI=1S/C22H23N3O/c1-15(2)17-10-12-18(13-11-17)24-21-19(8-6-14-23-21)22(26)25-20-9-5-4-7-16(20)3/h4-15H,1-3H3,(H,23,24)(H,25,26). The third-order valence-electron chi connectivity index (χ3n) is 4.29. The van der Waals surface area contributed by atoms with Crippen LogP contribution < -0.4 is 10.6 Å². The highest BCUT2D eigenvalue weighted by Crippen LogP contribution is 2.23. The Balaban J connectivity index is 1.81. The molecule has 1 heterocycles. The second-order valence-electron chi connectivity index (χ2n) is 6.57. The summed E-state index contributed by atoms with van der Waals surface area (Å²) in [5.41, 5.74) is 4.49. The van der Waals surface area contributed by atoms with Crippen LogP contribution in [-0.4, -0.2) is 10.9 Å². The zero-order valence-electron chi connectivity index (χ0n) is 15.3. The van der Waals surface area contributed by atoms with Crippen LogP contribution in [0.4, 0.5) is 17.2 Å². The molecule has 0 aliphatic rings. The Labute approximate surface area is 154 Å². The molecule has 2 N–H and O–H groups in total. The minimum Gasteiger partial charge on any atom is -0.340 e. The van der Waals surface area contributed by atoms with Crippen molar-refractivity contribution in [2.75, 3.05) is 10.6 Å². The molecule has 0 fully saturated rings. The zero-order chi connectivity index (χ0) is 18.5. The highest BCUT2D eigenvalue weighted by Gasteiger charge is 2.13. The van der Waals surface area contributed by atoms with Gasteiger partial charge in [0.25, 0.3) is 5.91 Å². The summed E-state index contributed by atoms with van der Waals surface area (Å²) >= 11 is 0. The van der Waals surface area contributed by atoms with E-state index in [4.69, 9.17) is 0 Å². The fraction of sp³-hybridized carbons (Fsp3) is 0.182. The summed E-state index contributed by atoms with van der Waals surface area (Å²) in [5, 5.41) is 6.21.